The van der Waals surface area contributed by atoms with Crippen LogP contribution in [0.1, 0.15) is 47.4 Å². The number of aryl methyl sites for hydroxylation is 1. The number of amides is 2. The number of hydrogen-bond donors (Lipinski definition) is 0. The van der Waals surface area contributed by atoms with Crippen LogP contribution in [0, 0.1) is 0 Å². The Bertz CT molecular complexity index is 983. The standard InChI is InChI=1S/C23H25N3O3/c1-29-20-6-4-16-8-9-25(13-19(16)11-20)22(28)14-26-21(27)7-5-17-10-18(15-2-3-15)12-24-23(17)26/h4,6,10-12,15H,2-3,5,7-9,13-14H2,1H3. The predicted octanol–water partition coefficient (Wildman–Crippen LogP) is 2.83. The van der Waals surface area contributed by atoms with Gasteiger partial charge >= 0.3 is 0 Å². The lowest BCUT2D eigenvalue weighted by atomic mass is 9.99. The van der Waals surface area contributed by atoms with E-state index >= 15 is 0 Å². The zero-order valence-corrected chi connectivity index (χ0v) is 16.7. The van der Waals surface area contributed by atoms with Crippen LogP contribution in [0.5, 0.6) is 5.75 Å². The zero-order valence-electron chi connectivity index (χ0n) is 16.7. The largest absolute Gasteiger partial charge is 0.497 e. The van der Waals surface area contributed by atoms with Gasteiger partial charge in [0.15, 0.2) is 0 Å². The van der Waals surface area contributed by atoms with Crippen LogP contribution in [0.25, 0.3) is 0 Å². The minimum atomic E-state index is -0.0345. The maximum absolute atomic E-state index is 13.0. The van der Waals surface area contributed by atoms with Gasteiger partial charge in [0.2, 0.25) is 11.8 Å². The summed E-state index contributed by atoms with van der Waals surface area (Å²) in [6.45, 7) is 1.27. The Morgan fingerprint density at radius 3 is 2.79 bits per heavy atom. The first-order valence-electron chi connectivity index (χ1n) is 10.3. The van der Waals surface area contributed by atoms with Crippen molar-refractivity contribution in [2.75, 3.05) is 25.1 Å². The van der Waals surface area contributed by atoms with Gasteiger partial charge in [-0.2, -0.15) is 0 Å². The summed E-state index contributed by atoms with van der Waals surface area (Å²) in [5, 5.41) is 0. The van der Waals surface area contributed by atoms with Crippen molar-refractivity contribution in [3.05, 3.63) is 52.7 Å². The molecule has 1 aromatic carbocycles. The van der Waals surface area contributed by atoms with E-state index in [9.17, 15) is 9.59 Å². The predicted molar refractivity (Wildman–Crippen MR) is 109 cm³/mol. The zero-order chi connectivity index (χ0) is 20.0. The van der Waals surface area contributed by atoms with E-state index in [1.54, 1.807) is 12.0 Å². The molecule has 29 heavy (non-hydrogen) atoms. The summed E-state index contributed by atoms with van der Waals surface area (Å²) in [6.07, 6.45) is 6.31. The number of pyridine rings is 1. The minimum absolute atomic E-state index is 0.0170. The molecule has 0 atom stereocenters. The van der Waals surface area contributed by atoms with Gasteiger partial charge in [-0.25, -0.2) is 4.98 Å². The number of carbonyl (C=O) groups excluding carboxylic acids is 2. The maximum atomic E-state index is 13.0. The second kappa shape index (κ2) is 7.17. The number of benzene rings is 1. The van der Waals surface area contributed by atoms with Crippen LogP contribution in [-0.2, 0) is 29.0 Å². The number of carbonyl (C=O) groups is 2. The average Bonchev–Trinajstić information content (AvgIpc) is 3.60. The summed E-state index contributed by atoms with van der Waals surface area (Å²) in [4.78, 5) is 33.6. The summed E-state index contributed by atoms with van der Waals surface area (Å²) < 4.78 is 5.32. The number of hydrogen-bond acceptors (Lipinski definition) is 4. The third kappa shape index (κ3) is 3.48. The quantitative estimate of drug-likeness (QED) is 0.804. The molecule has 2 amide bonds. The molecule has 6 nitrogen and oxygen atoms in total. The molecule has 5 rings (SSSR count). The molecule has 0 radical (unpaired) electrons. The highest BCUT2D eigenvalue weighted by atomic mass is 16.5. The van der Waals surface area contributed by atoms with Crippen molar-refractivity contribution < 1.29 is 14.3 Å². The highest BCUT2D eigenvalue weighted by molar-refractivity contribution is 6.00. The second-order valence-corrected chi connectivity index (χ2v) is 8.21. The first-order valence-corrected chi connectivity index (χ1v) is 10.3. The van der Waals surface area contributed by atoms with Crippen molar-refractivity contribution in [2.45, 2.75) is 44.6 Å². The molecule has 2 aromatic rings. The van der Waals surface area contributed by atoms with Crippen molar-refractivity contribution in [3.63, 3.8) is 0 Å². The van der Waals surface area contributed by atoms with Crippen molar-refractivity contribution in [2.24, 2.45) is 0 Å². The number of ether oxygens (including phenoxy) is 1. The van der Waals surface area contributed by atoms with Crippen LogP contribution in [-0.4, -0.2) is 41.9 Å². The van der Waals surface area contributed by atoms with Gasteiger partial charge in [-0.3, -0.25) is 14.5 Å². The molecule has 0 saturated heterocycles. The van der Waals surface area contributed by atoms with Crippen LogP contribution in [0.15, 0.2) is 30.5 Å². The molecule has 6 heteroatoms. The van der Waals surface area contributed by atoms with Crippen LogP contribution >= 0.6 is 0 Å². The Hall–Kier alpha value is -2.89. The number of nitrogens with zero attached hydrogens (tertiary/aromatic N) is 3. The van der Waals surface area contributed by atoms with Crippen molar-refractivity contribution in [1.29, 1.82) is 0 Å². The van der Waals surface area contributed by atoms with Gasteiger partial charge in [0, 0.05) is 25.7 Å². The van der Waals surface area contributed by atoms with Crippen LogP contribution in [0.3, 0.4) is 0 Å². The molecule has 0 bridgehead atoms. The Morgan fingerprint density at radius 2 is 2.00 bits per heavy atom. The average molecular weight is 391 g/mol. The van der Waals surface area contributed by atoms with Crippen LogP contribution in [0.4, 0.5) is 5.82 Å². The number of rotatable bonds is 4. The van der Waals surface area contributed by atoms with E-state index in [0.717, 1.165) is 23.3 Å². The Morgan fingerprint density at radius 1 is 1.14 bits per heavy atom. The number of aromatic nitrogens is 1. The molecular weight excluding hydrogens is 366 g/mol. The molecule has 1 fully saturated rings. The number of methoxy groups -OCH3 is 1. The highest BCUT2D eigenvalue weighted by Gasteiger charge is 2.32. The fourth-order valence-corrected chi connectivity index (χ4v) is 4.35. The summed E-state index contributed by atoms with van der Waals surface area (Å²) in [5.41, 5.74) is 4.73. The van der Waals surface area contributed by atoms with Gasteiger partial charge in [-0.05, 0) is 66.0 Å². The lowest BCUT2D eigenvalue weighted by Crippen LogP contribution is -2.46. The van der Waals surface area contributed by atoms with E-state index in [-0.39, 0.29) is 18.4 Å². The summed E-state index contributed by atoms with van der Waals surface area (Å²) in [7, 11) is 1.65. The smallest absolute Gasteiger partial charge is 0.243 e. The molecule has 1 saturated carbocycles. The van der Waals surface area contributed by atoms with Crippen molar-refractivity contribution in [3.8, 4) is 5.75 Å². The monoisotopic (exact) mass is 391 g/mol. The van der Waals surface area contributed by atoms with E-state index in [4.69, 9.17) is 4.74 Å². The third-order valence-electron chi connectivity index (χ3n) is 6.25. The first-order chi connectivity index (χ1) is 14.1. The molecule has 3 aliphatic rings. The second-order valence-electron chi connectivity index (χ2n) is 8.21. The fourth-order valence-electron chi connectivity index (χ4n) is 4.35. The van der Waals surface area contributed by atoms with E-state index in [1.165, 1.54) is 24.0 Å². The van der Waals surface area contributed by atoms with Crippen LogP contribution < -0.4 is 9.64 Å². The third-order valence-corrected chi connectivity index (χ3v) is 6.25. The summed E-state index contributed by atoms with van der Waals surface area (Å²) in [6, 6.07) is 8.22. The van der Waals surface area contributed by atoms with Gasteiger partial charge in [0.25, 0.3) is 0 Å². The maximum Gasteiger partial charge on any atom is 0.243 e. The lowest BCUT2D eigenvalue weighted by molar-refractivity contribution is -0.132. The van der Waals surface area contributed by atoms with Crippen molar-refractivity contribution >= 4 is 17.6 Å². The molecule has 3 heterocycles. The lowest BCUT2D eigenvalue weighted by Gasteiger charge is -2.33. The Kier molecular flexibility index (Phi) is 4.49. The first kappa shape index (κ1) is 18.2. The SMILES string of the molecule is COc1ccc2c(c1)CN(C(=O)CN1C(=O)CCc3cc(C4CC4)cnc31)CC2. The highest BCUT2D eigenvalue weighted by Crippen LogP contribution is 2.41. The number of anilines is 1. The van der Waals surface area contributed by atoms with Crippen molar-refractivity contribution in [1.82, 2.24) is 9.88 Å². The van der Waals surface area contributed by atoms with Gasteiger partial charge in [0.1, 0.15) is 18.1 Å². The van der Waals surface area contributed by atoms with Gasteiger partial charge in [-0.1, -0.05) is 12.1 Å². The number of fused-ring (bicyclic) bond motifs is 2. The van der Waals surface area contributed by atoms with Crippen LogP contribution in [0.2, 0.25) is 0 Å². The topological polar surface area (TPSA) is 62.7 Å². The van der Waals surface area contributed by atoms with E-state index in [1.807, 2.05) is 23.2 Å². The molecule has 0 unspecified atom stereocenters. The molecular formula is C23H25N3O3. The molecule has 2 aliphatic heterocycles. The van der Waals surface area contributed by atoms with Gasteiger partial charge < -0.3 is 9.64 Å². The van der Waals surface area contributed by atoms with Gasteiger partial charge in [-0.15, -0.1) is 0 Å². The molecule has 150 valence electrons. The summed E-state index contributed by atoms with van der Waals surface area (Å²) in [5.74, 6) is 2.04. The van der Waals surface area contributed by atoms with E-state index in [2.05, 4.69) is 17.1 Å². The molecule has 0 spiro atoms. The van der Waals surface area contributed by atoms with E-state index < -0.39 is 0 Å². The Labute approximate surface area is 170 Å². The van der Waals surface area contributed by atoms with E-state index in [0.29, 0.717) is 37.7 Å². The van der Waals surface area contributed by atoms with Gasteiger partial charge in [0.05, 0.1) is 7.11 Å². The fraction of sp³-hybridized carbons (Fsp3) is 0.435. The minimum Gasteiger partial charge on any atom is -0.497 e. The molecule has 1 aromatic heterocycles. The normalized spacial score (nSPS) is 18.3. The Balaban J connectivity index is 1.33. The summed E-state index contributed by atoms with van der Waals surface area (Å²) >= 11 is 0. The molecule has 0 N–H and O–H groups in total. The molecule has 1 aliphatic carbocycles.